The van der Waals surface area contributed by atoms with Crippen molar-refractivity contribution < 1.29 is 63.2 Å². The molecule has 2 rings (SSSR count). The molecule has 0 aromatic heterocycles. The first-order valence-corrected chi connectivity index (χ1v) is 9.58. The fraction of sp³-hybridized carbons (Fsp3) is 0.619. The molecule has 1 aromatic rings. The Morgan fingerprint density at radius 3 is 2.30 bits per heavy atom. The van der Waals surface area contributed by atoms with Gasteiger partial charge in [-0.3, -0.25) is 4.90 Å². The fourth-order valence-electron chi connectivity index (χ4n) is 3.34. The molecule has 1 aromatic carbocycles. The number of hydrogen-bond donors (Lipinski definition) is 0. The predicted octanol–water partition coefficient (Wildman–Crippen LogP) is -0.493. The van der Waals surface area contributed by atoms with E-state index < -0.39 is 36.0 Å². The number of carbonyl (C=O) groups is 2. The Morgan fingerprint density at radius 1 is 1.20 bits per heavy atom. The second kappa shape index (κ2) is 10.7. The van der Waals surface area contributed by atoms with E-state index in [2.05, 4.69) is 0 Å². The average molecular weight is 431 g/mol. The first-order valence-electron chi connectivity index (χ1n) is 9.58. The molecule has 0 saturated carbocycles. The summed E-state index contributed by atoms with van der Waals surface area (Å²) in [5.74, 6) is -0.293. The van der Waals surface area contributed by atoms with E-state index in [4.69, 9.17) is 18.9 Å². The summed E-state index contributed by atoms with van der Waals surface area (Å²) in [5, 5.41) is 11.8. The first kappa shape index (κ1) is 26.6. The number of carbonyl (C=O) groups excluding carboxylic acids is 2. The molecule has 3 atom stereocenters. The van der Waals surface area contributed by atoms with Gasteiger partial charge in [-0.2, -0.15) is 0 Å². The van der Waals surface area contributed by atoms with Crippen molar-refractivity contribution in [2.45, 2.75) is 65.0 Å². The summed E-state index contributed by atoms with van der Waals surface area (Å²) in [6.45, 7) is 9.14. The third kappa shape index (κ3) is 6.26. The van der Waals surface area contributed by atoms with Gasteiger partial charge in [0.1, 0.15) is 23.2 Å². The van der Waals surface area contributed by atoms with E-state index in [0.717, 1.165) is 0 Å². The van der Waals surface area contributed by atoms with Crippen molar-refractivity contribution in [3.05, 3.63) is 23.8 Å². The largest absolute Gasteiger partial charge is 1.00 e. The normalized spacial score (nSPS) is 21.2. The van der Waals surface area contributed by atoms with E-state index in [1.165, 1.54) is 19.1 Å². The first-order chi connectivity index (χ1) is 13.5. The van der Waals surface area contributed by atoms with Gasteiger partial charge in [0.2, 0.25) is 0 Å². The molecule has 8 nitrogen and oxygen atoms in total. The van der Waals surface area contributed by atoms with E-state index in [1.54, 1.807) is 39.0 Å². The third-order valence-electron chi connectivity index (χ3n) is 4.49. The van der Waals surface area contributed by atoms with E-state index in [9.17, 15) is 14.7 Å². The molecular formula is C21H30NNaO7. The number of rotatable bonds is 6. The number of carboxylic acid groups (broad SMARTS) is 1. The molecule has 1 heterocycles. The van der Waals surface area contributed by atoms with Crippen molar-refractivity contribution in [1.82, 2.24) is 4.90 Å². The van der Waals surface area contributed by atoms with Crippen molar-refractivity contribution in [1.29, 1.82) is 0 Å². The minimum atomic E-state index is -1.38. The van der Waals surface area contributed by atoms with Crippen LogP contribution in [-0.4, -0.2) is 48.9 Å². The van der Waals surface area contributed by atoms with Crippen LogP contribution in [0.3, 0.4) is 0 Å². The SMILES string of the molecule is COc1ccc(C2O[C@@H](C(=O)[O-])[C@H](CC(C)C)N2C(=O)OC(C)(C)C)c(OC)c1.[Na+]. The Kier molecular flexibility index (Phi) is 9.48. The Labute approximate surface area is 200 Å². The van der Waals surface area contributed by atoms with Crippen LogP contribution in [0.25, 0.3) is 0 Å². The third-order valence-corrected chi connectivity index (χ3v) is 4.49. The van der Waals surface area contributed by atoms with Crippen LogP contribution in [0.15, 0.2) is 18.2 Å². The quantitative estimate of drug-likeness (QED) is 0.561. The predicted molar refractivity (Wildman–Crippen MR) is 103 cm³/mol. The molecule has 0 N–H and O–H groups in total. The van der Waals surface area contributed by atoms with Gasteiger partial charge >= 0.3 is 35.7 Å². The molecule has 0 aliphatic carbocycles. The van der Waals surface area contributed by atoms with Crippen LogP contribution in [0.1, 0.15) is 52.8 Å². The van der Waals surface area contributed by atoms with Gasteiger partial charge in [-0.15, -0.1) is 0 Å². The zero-order valence-electron chi connectivity index (χ0n) is 19.1. The topological polar surface area (TPSA) is 97.4 Å². The molecule has 0 radical (unpaired) electrons. The number of aliphatic carboxylic acids is 1. The molecule has 162 valence electrons. The molecular weight excluding hydrogens is 401 g/mol. The van der Waals surface area contributed by atoms with E-state index in [1.807, 2.05) is 13.8 Å². The smallest absolute Gasteiger partial charge is 0.547 e. The summed E-state index contributed by atoms with van der Waals surface area (Å²) in [6.07, 6.45) is -2.54. The van der Waals surface area contributed by atoms with Gasteiger partial charge in [0.25, 0.3) is 0 Å². The van der Waals surface area contributed by atoms with Gasteiger partial charge in [-0.1, -0.05) is 13.8 Å². The number of amides is 1. The zero-order chi connectivity index (χ0) is 21.9. The van der Waals surface area contributed by atoms with Gasteiger partial charge in [0.15, 0.2) is 6.23 Å². The minimum absolute atomic E-state index is 0. The van der Waals surface area contributed by atoms with Crippen molar-refractivity contribution in [3.63, 3.8) is 0 Å². The van der Waals surface area contributed by atoms with Gasteiger partial charge in [-0.25, -0.2) is 4.79 Å². The maximum absolute atomic E-state index is 13.1. The standard InChI is InChI=1S/C21H31NO7.Na/c1-12(2)10-15-17(19(23)24)28-18(22(15)20(25)29-21(3,4)5)14-9-8-13(26-6)11-16(14)27-7;/h8-9,11-12,15,17-18H,10H2,1-7H3,(H,23,24);/q;+1/p-1/t15-,17+,18?;/m0./s1. The van der Waals surface area contributed by atoms with Gasteiger partial charge < -0.3 is 28.8 Å². The molecule has 1 unspecified atom stereocenters. The van der Waals surface area contributed by atoms with Crippen LogP contribution in [0.5, 0.6) is 11.5 Å². The Hall–Kier alpha value is -1.48. The van der Waals surface area contributed by atoms with Crippen LogP contribution in [0.4, 0.5) is 4.79 Å². The summed E-state index contributed by atoms with van der Waals surface area (Å²) in [4.78, 5) is 26.2. The molecule has 0 bridgehead atoms. The maximum Gasteiger partial charge on any atom is 1.00 e. The van der Waals surface area contributed by atoms with Gasteiger partial charge in [0.05, 0.1) is 26.2 Å². The number of methoxy groups -OCH3 is 2. The van der Waals surface area contributed by atoms with Crippen LogP contribution >= 0.6 is 0 Å². The van der Waals surface area contributed by atoms with Crippen LogP contribution in [-0.2, 0) is 14.3 Å². The molecule has 30 heavy (non-hydrogen) atoms. The van der Waals surface area contributed by atoms with E-state index in [-0.39, 0.29) is 35.5 Å². The number of carboxylic acids is 1. The second-order valence-electron chi connectivity index (χ2n) is 8.42. The number of hydrogen-bond acceptors (Lipinski definition) is 7. The summed E-state index contributed by atoms with van der Waals surface area (Å²) in [7, 11) is 3.01. The summed E-state index contributed by atoms with van der Waals surface area (Å²) < 4.78 is 22.0. The van der Waals surface area contributed by atoms with E-state index >= 15 is 0 Å². The average Bonchev–Trinajstić information content (AvgIpc) is 2.98. The molecule has 9 heteroatoms. The molecule has 0 spiro atoms. The summed E-state index contributed by atoms with van der Waals surface area (Å²) in [6, 6.07) is 4.28. The van der Waals surface area contributed by atoms with Gasteiger partial charge in [-0.05, 0) is 45.2 Å². The van der Waals surface area contributed by atoms with Crippen molar-refractivity contribution >= 4 is 12.1 Å². The number of benzene rings is 1. The number of ether oxygens (including phenoxy) is 4. The Morgan fingerprint density at radius 2 is 1.83 bits per heavy atom. The molecule has 1 aliphatic heterocycles. The Bertz CT molecular complexity index is 747. The molecule has 1 amide bonds. The van der Waals surface area contributed by atoms with Crippen molar-refractivity contribution in [3.8, 4) is 11.5 Å². The summed E-state index contributed by atoms with van der Waals surface area (Å²) in [5.41, 5.74) is -0.259. The van der Waals surface area contributed by atoms with E-state index in [0.29, 0.717) is 23.5 Å². The van der Waals surface area contributed by atoms with Crippen LogP contribution in [0.2, 0.25) is 0 Å². The summed E-state index contributed by atoms with van der Waals surface area (Å²) >= 11 is 0. The molecule has 1 saturated heterocycles. The van der Waals surface area contributed by atoms with Gasteiger partial charge in [0, 0.05) is 11.6 Å². The van der Waals surface area contributed by atoms with Crippen LogP contribution in [0, 0.1) is 5.92 Å². The monoisotopic (exact) mass is 431 g/mol. The second-order valence-corrected chi connectivity index (χ2v) is 8.42. The fourth-order valence-corrected chi connectivity index (χ4v) is 3.34. The van der Waals surface area contributed by atoms with Crippen molar-refractivity contribution in [2.75, 3.05) is 14.2 Å². The Balaban J connectivity index is 0.00000450. The van der Waals surface area contributed by atoms with Crippen LogP contribution < -0.4 is 44.1 Å². The maximum atomic E-state index is 13.1. The molecule has 1 fully saturated rings. The zero-order valence-corrected chi connectivity index (χ0v) is 21.1. The molecule has 1 aliphatic rings. The van der Waals surface area contributed by atoms with Crippen molar-refractivity contribution in [2.24, 2.45) is 5.92 Å². The number of nitrogens with zero attached hydrogens (tertiary/aromatic N) is 1. The minimum Gasteiger partial charge on any atom is -0.547 e.